The van der Waals surface area contributed by atoms with Crippen molar-refractivity contribution in [3.05, 3.63) is 72.1 Å². The minimum atomic E-state index is -4.11. The molecule has 3 aliphatic rings. The highest BCUT2D eigenvalue weighted by Gasteiger charge is 2.65. The van der Waals surface area contributed by atoms with Crippen LogP contribution in [-0.4, -0.2) is 86.6 Å². The van der Waals surface area contributed by atoms with Crippen molar-refractivity contribution in [2.45, 2.75) is 142 Å². The van der Waals surface area contributed by atoms with Crippen LogP contribution in [0.2, 0.25) is 0 Å². The largest absolute Gasteiger partial charge is 0.497 e. The highest BCUT2D eigenvalue weighted by molar-refractivity contribution is 7.59. The molecular formula is C50H65N4O9PS. The molecule has 2 aliphatic carbocycles. The van der Waals surface area contributed by atoms with Gasteiger partial charge in [-0.2, -0.15) is 0 Å². The molecule has 2 saturated carbocycles. The molecule has 3 fully saturated rings. The number of methoxy groups -OCH3 is 1. The predicted molar refractivity (Wildman–Crippen MR) is 255 cm³/mol. The summed E-state index contributed by atoms with van der Waals surface area (Å²) < 4.78 is 39.0. The van der Waals surface area contributed by atoms with Gasteiger partial charge in [-0.25, -0.2) is 9.97 Å². The van der Waals surface area contributed by atoms with Crippen LogP contribution in [0.15, 0.2) is 66.6 Å². The molecule has 15 heteroatoms. The number of para-hydroxylation sites is 1. The smallest absolute Gasteiger partial charge is 0.306 e. The van der Waals surface area contributed by atoms with Crippen molar-refractivity contribution < 1.29 is 42.8 Å². The molecule has 13 nitrogen and oxygen atoms in total. The number of rotatable bonds is 19. The van der Waals surface area contributed by atoms with Crippen LogP contribution in [-0.2, 0) is 29.8 Å². The molecule has 4 aromatic rings. The Bertz CT molecular complexity index is 2440. The number of nitrogens with one attached hydrogen (secondary N) is 1. The summed E-state index contributed by atoms with van der Waals surface area (Å²) in [6.07, 6.45) is 4.13. The van der Waals surface area contributed by atoms with E-state index in [0.29, 0.717) is 51.5 Å². The maximum Gasteiger partial charge on any atom is 0.306 e. The Kier molecular flexibility index (Phi) is 14.5. The van der Waals surface area contributed by atoms with E-state index in [-0.39, 0.29) is 67.8 Å². The van der Waals surface area contributed by atoms with Crippen molar-refractivity contribution in [3.63, 3.8) is 0 Å². The Morgan fingerprint density at radius 1 is 1.03 bits per heavy atom. The lowest BCUT2D eigenvalue weighted by Gasteiger charge is -2.35. The zero-order valence-corrected chi connectivity index (χ0v) is 40.7. The fourth-order valence-corrected chi connectivity index (χ4v) is 12.8. The van der Waals surface area contributed by atoms with E-state index in [1.807, 2.05) is 84.2 Å². The number of carbonyl (C=O) groups is 3. The minimum Gasteiger partial charge on any atom is -0.497 e. The van der Waals surface area contributed by atoms with Gasteiger partial charge < -0.3 is 34.1 Å². The standard InChI is InChI=1S/C50H65N4O9PS/c1-10-33-25-50(33,64(58,59)28-32-15-11-14-18-44(32)61-31(4)5)26-43(55)42-22-36(27-54(42)47(57)38(49(6,7)8)23-46(56)63-34-16-12-13-17-34)62-45-24-40(41-29-65-48(53-41)51-30(2)3)52-39-21-35(60-9)19-20-37(39)45/h10-11,14-15,18-21,24,29-31,33-34,36,38,42H,1,12-13,16-17,22-23,25-28H2,2-9H3,(H,51,53)(H,58,59)/t33-,36-,38-,42+,50-/m1/s1. The first-order chi connectivity index (χ1) is 30.8. The van der Waals surface area contributed by atoms with Crippen molar-refractivity contribution >= 4 is 52.4 Å². The SMILES string of the molecule is C=C[C@@H]1C[C@]1(CC(=O)[C@@H]1C[C@@H](Oc2cc(-c3csc(NC(C)C)n3)nc3cc(OC)ccc23)CN1C(=O)[C@@H](CC(=O)OC1CCCC1)C(C)(C)C)P(=O)(O)Cc1ccccc1OC(C)C. The molecule has 2 aromatic carbocycles. The lowest BCUT2D eigenvalue weighted by Crippen LogP contribution is -2.48. The molecule has 2 N–H and O–H groups in total. The van der Waals surface area contributed by atoms with Gasteiger partial charge in [-0.05, 0) is 89.3 Å². The summed E-state index contributed by atoms with van der Waals surface area (Å²) in [6.45, 7) is 17.6. The molecule has 1 amide bonds. The van der Waals surface area contributed by atoms with Crippen molar-refractivity contribution in [1.82, 2.24) is 14.9 Å². The number of benzene rings is 2. The van der Waals surface area contributed by atoms with Gasteiger partial charge in [-0.1, -0.05) is 45.0 Å². The first-order valence-corrected chi connectivity index (χ1v) is 25.6. The lowest BCUT2D eigenvalue weighted by molar-refractivity contribution is -0.156. The monoisotopic (exact) mass is 928 g/mol. The number of carbonyl (C=O) groups excluding carboxylic acids is 3. The van der Waals surface area contributed by atoms with Crippen LogP contribution in [0.3, 0.4) is 0 Å². The van der Waals surface area contributed by atoms with E-state index < -0.39 is 42.0 Å². The molecular weight excluding hydrogens is 864 g/mol. The van der Waals surface area contributed by atoms with Crippen LogP contribution in [0, 0.1) is 17.3 Å². The topological polar surface area (TPSA) is 166 Å². The van der Waals surface area contributed by atoms with E-state index in [1.165, 1.54) is 11.3 Å². The predicted octanol–water partition coefficient (Wildman–Crippen LogP) is 10.2. The van der Waals surface area contributed by atoms with Gasteiger partial charge >= 0.3 is 5.97 Å². The summed E-state index contributed by atoms with van der Waals surface area (Å²) in [6, 6.07) is 13.7. The summed E-state index contributed by atoms with van der Waals surface area (Å²) in [7, 11) is -2.52. The van der Waals surface area contributed by atoms with Crippen LogP contribution >= 0.6 is 18.7 Å². The van der Waals surface area contributed by atoms with E-state index in [1.54, 1.807) is 36.3 Å². The third kappa shape index (κ3) is 10.9. The van der Waals surface area contributed by atoms with Gasteiger partial charge in [0, 0.05) is 47.3 Å². The quantitative estimate of drug-likeness (QED) is 0.0520. The third-order valence-electron chi connectivity index (χ3n) is 13.0. The van der Waals surface area contributed by atoms with E-state index in [4.69, 9.17) is 28.9 Å². The second-order valence-electron chi connectivity index (χ2n) is 19.7. The second-order valence-corrected chi connectivity index (χ2v) is 23.1. The molecule has 0 bridgehead atoms. The van der Waals surface area contributed by atoms with Crippen LogP contribution in [0.5, 0.6) is 17.2 Å². The number of hydrogen-bond donors (Lipinski definition) is 2. The fourth-order valence-electron chi connectivity index (χ4n) is 9.38. The molecule has 350 valence electrons. The Hall–Kier alpha value is -4.78. The number of esters is 1. The van der Waals surface area contributed by atoms with Crippen molar-refractivity contribution in [1.29, 1.82) is 0 Å². The summed E-state index contributed by atoms with van der Waals surface area (Å²) in [5.41, 5.74) is 1.75. The number of amides is 1. The number of allylic oxidation sites excluding steroid dienone is 1. The van der Waals surface area contributed by atoms with Crippen molar-refractivity contribution in [2.24, 2.45) is 17.3 Å². The van der Waals surface area contributed by atoms with Gasteiger partial charge in [0.25, 0.3) is 0 Å². The molecule has 1 saturated heterocycles. The number of thiazole rings is 1. The molecule has 2 aromatic heterocycles. The number of hydrogen-bond acceptors (Lipinski definition) is 12. The zero-order chi connectivity index (χ0) is 46.8. The van der Waals surface area contributed by atoms with E-state index >= 15 is 9.59 Å². The van der Waals surface area contributed by atoms with Crippen LogP contribution < -0.4 is 19.5 Å². The lowest BCUT2D eigenvalue weighted by atomic mass is 9.77. The van der Waals surface area contributed by atoms with Gasteiger partial charge in [0.1, 0.15) is 35.2 Å². The summed E-state index contributed by atoms with van der Waals surface area (Å²) >= 11 is 1.47. The first-order valence-electron chi connectivity index (χ1n) is 22.9. The van der Waals surface area contributed by atoms with Gasteiger partial charge in [-0.3, -0.25) is 18.9 Å². The van der Waals surface area contributed by atoms with Gasteiger partial charge in [0.15, 0.2) is 10.9 Å². The molecule has 0 radical (unpaired) electrons. The number of aromatic nitrogens is 2. The van der Waals surface area contributed by atoms with Crippen LogP contribution in [0.4, 0.5) is 5.13 Å². The van der Waals surface area contributed by atoms with Crippen molar-refractivity contribution in [2.75, 3.05) is 19.0 Å². The van der Waals surface area contributed by atoms with Gasteiger partial charge in [0.05, 0.1) is 60.7 Å². The highest BCUT2D eigenvalue weighted by atomic mass is 32.1. The first kappa shape index (κ1) is 48.2. The van der Waals surface area contributed by atoms with Gasteiger partial charge in [0.2, 0.25) is 13.3 Å². The molecule has 0 spiro atoms. The number of nitrogens with zero attached hydrogens (tertiary/aromatic N) is 3. The fraction of sp³-hybridized carbons (Fsp3) is 0.540. The van der Waals surface area contributed by atoms with Gasteiger partial charge in [-0.15, -0.1) is 17.9 Å². The number of fused-ring (bicyclic) bond motifs is 1. The third-order valence-corrected chi connectivity index (χ3v) is 16.6. The van der Waals surface area contributed by atoms with Crippen LogP contribution in [0.25, 0.3) is 22.3 Å². The second kappa shape index (κ2) is 19.6. The molecule has 65 heavy (non-hydrogen) atoms. The molecule has 7 rings (SSSR count). The summed E-state index contributed by atoms with van der Waals surface area (Å²) in [5, 5.41) is 5.46. The van der Waals surface area contributed by atoms with E-state index in [9.17, 15) is 14.3 Å². The maximum absolute atomic E-state index is 15.1. The Balaban J connectivity index is 1.22. The van der Waals surface area contributed by atoms with Crippen LogP contribution in [0.1, 0.15) is 105 Å². The summed E-state index contributed by atoms with van der Waals surface area (Å²) in [5.74, 6) is -0.713. The van der Waals surface area contributed by atoms with E-state index in [0.717, 1.165) is 30.8 Å². The number of likely N-dealkylation sites (tertiary alicyclic amines) is 1. The number of ether oxygens (including phenoxy) is 4. The normalized spacial score (nSPS) is 22.4. The molecule has 6 atom stereocenters. The average Bonchev–Trinajstić information content (AvgIpc) is 3.64. The number of pyridine rings is 1. The molecule has 1 unspecified atom stereocenters. The van der Waals surface area contributed by atoms with Crippen molar-refractivity contribution in [3.8, 4) is 28.6 Å². The number of anilines is 1. The number of Topliss-reactive ketones (excluding diaryl/α,β-unsaturated/α-hetero) is 1. The highest BCUT2D eigenvalue weighted by Crippen LogP contribution is 2.74. The Morgan fingerprint density at radius 3 is 2.43 bits per heavy atom. The van der Waals surface area contributed by atoms with E-state index in [2.05, 4.69) is 11.9 Å². The molecule has 1 aliphatic heterocycles. The average molecular weight is 929 g/mol. The zero-order valence-electron chi connectivity index (χ0n) is 39.0. The Labute approximate surface area is 387 Å². The Morgan fingerprint density at radius 2 is 1.77 bits per heavy atom. The minimum absolute atomic E-state index is 0.0442. The maximum atomic E-state index is 15.1. The summed E-state index contributed by atoms with van der Waals surface area (Å²) in [4.78, 5) is 67.0. The number of ketones is 1. The molecule has 3 heterocycles.